The predicted molar refractivity (Wildman–Crippen MR) is 82.1 cm³/mol. The van der Waals surface area contributed by atoms with Gasteiger partial charge in [0.2, 0.25) is 0 Å². The van der Waals surface area contributed by atoms with Gasteiger partial charge in [-0.05, 0) is 37.7 Å². The molecular weight excluding hydrogens is 252 g/mol. The normalized spacial score (nSPS) is 22.5. The Labute approximate surface area is 120 Å². The first-order chi connectivity index (χ1) is 9.58. The zero-order chi connectivity index (χ0) is 14.5. The molecule has 2 unspecified atom stereocenters. The first-order valence-electron chi connectivity index (χ1n) is 7.55. The van der Waals surface area contributed by atoms with E-state index in [1.807, 2.05) is 13.0 Å². The highest BCUT2D eigenvalue weighted by molar-refractivity contribution is 5.59. The molecule has 2 atom stereocenters. The summed E-state index contributed by atoms with van der Waals surface area (Å²) >= 11 is 0. The number of nitrogens with one attached hydrogen (secondary N) is 1. The molecule has 0 heterocycles. The Balaban J connectivity index is 1.88. The van der Waals surface area contributed by atoms with Crippen molar-refractivity contribution in [3.8, 4) is 0 Å². The van der Waals surface area contributed by atoms with Crippen LogP contribution in [-0.4, -0.2) is 11.5 Å². The van der Waals surface area contributed by atoms with Crippen LogP contribution in [0.2, 0.25) is 0 Å². The zero-order valence-electron chi connectivity index (χ0n) is 12.4. The molecule has 1 aromatic carbocycles. The number of nitrogens with zero attached hydrogens (tertiary/aromatic N) is 1. The second-order valence-electron chi connectivity index (χ2n) is 6.06. The molecule has 4 nitrogen and oxygen atoms in total. The fraction of sp³-hybridized carbons (Fsp3) is 0.625. The average molecular weight is 276 g/mol. The SMILES string of the molecule is Cc1c(NCCC2CCCC(C)C2)cccc1[N+](=O)[O-]. The van der Waals surface area contributed by atoms with Crippen LogP contribution in [0.5, 0.6) is 0 Å². The van der Waals surface area contributed by atoms with Crippen molar-refractivity contribution in [3.05, 3.63) is 33.9 Å². The predicted octanol–water partition coefficient (Wildman–Crippen LogP) is 4.53. The molecule has 1 aromatic rings. The van der Waals surface area contributed by atoms with Crippen molar-refractivity contribution in [1.82, 2.24) is 0 Å². The quantitative estimate of drug-likeness (QED) is 0.635. The lowest BCUT2D eigenvalue weighted by atomic mass is 9.81. The monoisotopic (exact) mass is 276 g/mol. The van der Waals surface area contributed by atoms with Gasteiger partial charge in [-0.1, -0.05) is 32.3 Å². The van der Waals surface area contributed by atoms with Gasteiger partial charge in [0.15, 0.2) is 0 Å². The van der Waals surface area contributed by atoms with E-state index in [0.29, 0.717) is 0 Å². The smallest absolute Gasteiger partial charge is 0.274 e. The van der Waals surface area contributed by atoms with E-state index in [1.54, 1.807) is 12.1 Å². The van der Waals surface area contributed by atoms with E-state index in [0.717, 1.165) is 36.1 Å². The Bertz CT molecular complexity index is 474. The molecule has 4 heteroatoms. The fourth-order valence-electron chi connectivity index (χ4n) is 3.25. The van der Waals surface area contributed by atoms with Crippen LogP contribution in [-0.2, 0) is 0 Å². The number of anilines is 1. The maximum absolute atomic E-state index is 10.9. The van der Waals surface area contributed by atoms with E-state index in [-0.39, 0.29) is 10.6 Å². The molecule has 1 N–H and O–H groups in total. The number of rotatable bonds is 5. The maximum atomic E-state index is 10.9. The summed E-state index contributed by atoms with van der Waals surface area (Å²) in [5.41, 5.74) is 1.82. The van der Waals surface area contributed by atoms with Crippen molar-refractivity contribution >= 4 is 11.4 Å². The van der Waals surface area contributed by atoms with Crippen molar-refractivity contribution in [2.75, 3.05) is 11.9 Å². The molecule has 0 spiro atoms. The molecule has 20 heavy (non-hydrogen) atoms. The molecule has 0 aromatic heterocycles. The summed E-state index contributed by atoms with van der Waals surface area (Å²) in [5, 5.41) is 14.3. The highest BCUT2D eigenvalue weighted by atomic mass is 16.6. The second-order valence-corrected chi connectivity index (χ2v) is 6.06. The van der Waals surface area contributed by atoms with Crippen LogP contribution in [0.4, 0.5) is 11.4 Å². The molecule has 0 amide bonds. The summed E-state index contributed by atoms with van der Waals surface area (Å²) in [5.74, 6) is 1.67. The Hall–Kier alpha value is -1.58. The minimum atomic E-state index is -0.316. The minimum Gasteiger partial charge on any atom is -0.385 e. The molecule has 110 valence electrons. The lowest BCUT2D eigenvalue weighted by molar-refractivity contribution is -0.385. The van der Waals surface area contributed by atoms with Gasteiger partial charge in [-0.25, -0.2) is 0 Å². The van der Waals surface area contributed by atoms with E-state index < -0.39 is 0 Å². The summed E-state index contributed by atoms with van der Waals surface area (Å²) in [6.45, 7) is 5.05. The van der Waals surface area contributed by atoms with E-state index >= 15 is 0 Å². The third-order valence-corrected chi connectivity index (χ3v) is 4.41. The lowest BCUT2D eigenvalue weighted by Crippen LogP contribution is -2.16. The summed E-state index contributed by atoms with van der Waals surface area (Å²) in [6.07, 6.45) is 6.54. The van der Waals surface area contributed by atoms with Crippen molar-refractivity contribution in [1.29, 1.82) is 0 Å². The van der Waals surface area contributed by atoms with E-state index in [2.05, 4.69) is 12.2 Å². The Morgan fingerprint density at radius 3 is 2.90 bits per heavy atom. The Morgan fingerprint density at radius 2 is 2.20 bits per heavy atom. The van der Waals surface area contributed by atoms with Crippen LogP contribution in [0.3, 0.4) is 0 Å². The molecular formula is C16H24N2O2. The van der Waals surface area contributed by atoms with Crippen LogP contribution >= 0.6 is 0 Å². The van der Waals surface area contributed by atoms with Gasteiger partial charge < -0.3 is 5.32 Å². The van der Waals surface area contributed by atoms with Crippen LogP contribution in [0, 0.1) is 28.9 Å². The highest BCUT2D eigenvalue weighted by Crippen LogP contribution is 2.31. The lowest BCUT2D eigenvalue weighted by Gasteiger charge is -2.26. The number of hydrogen-bond donors (Lipinski definition) is 1. The molecule has 2 rings (SSSR count). The van der Waals surface area contributed by atoms with Gasteiger partial charge in [-0.15, -0.1) is 0 Å². The van der Waals surface area contributed by atoms with Crippen molar-refractivity contribution in [3.63, 3.8) is 0 Å². The molecule has 1 aliphatic rings. The molecule has 0 aliphatic heterocycles. The summed E-state index contributed by atoms with van der Waals surface area (Å²) < 4.78 is 0. The van der Waals surface area contributed by atoms with Gasteiger partial charge in [-0.3, -0.25) is 10.1 Å². The standard InChI is InChI=1S/C16H24N2O2/c1-12-5-3-6-14(11-12)9-10-17-15-7-4-8-16(13(15)2)18(19)20/h4,7-8,12,14,17H,3,5-6,9-11H2,1-2H3. The van der Waals surface area contributed by atoms with E-state index in [1.165, 1.54) is 25.7 Å². The Kier molecular flexibility index (Phi) is 4.99. The maximum Gasteiger partial charge on any atom is 0.274 e. The molecule has 1 saturated carbocycles. The molecule has 1 fully saturated rings. The summed E-state index contributed by atoms with van der Waals surface area (Å²) in [7, 11) is 0. The number of benzene rings is 1. The van der Waals surface area contributed by atoms with Crippen LogP contribution in [0.15, 0.2) is 18.2 Å². The Morgan fingerprint density at radius 1 is 1.40 bits per heavy atom. The molecule has 0 saturated heterocycles. The number of nitro groups is 1. The third kappa shape index (κ3) is 3.71. The first kappa shape index (κ1) is 14.8. The molecule has 1 aliphatic carbocycles. The van der Waals surface area contributed by atoms with E-state index in [9.17, 15) is 10.1 Å². The van der Waals surface area contributed by atoms with Gasteiger partial charge in [0, 0.05) is 23.9 Å². The van der Waals surface area contributed by atoms with Gasteiger partial charge in [0.1, 0.15) is 0 Å². The van der Waals surface area contributed by atoms with Crippen LogP contribution < -0.4 is 5.32 Å². The number of hydrogen-bond acceptors (Lipinski definition) is 3. The second kappa shape index (κ2) is 6.73. The zero-order valence-corrected chi connectivity index (χ0v) is 12.4. The topological polar surface area (TPSA) is 55.2 Å². The van der Waals surface area contributed by atoms with Crippen molar-refractivity contribution in [2.45, 2.75) is 46.0 Å². The summed E-state index contributed by atoms with van der Waals surface area (Å²) in [4.78, 5) is 10.6. The highest BCUT2D eigenvalue weighted by Gasteiger charge is 2.18. The first-order valence-corrected chi connectivity index (χ1v) is 7.55. The summed E-state index contributed by atoms with van der Waals surface area (Å²) in [6, 6.07) is 5.23. The molecule has 0 radical (unpaired) electrons. The van der Waals surface area contributed by atoms with Gasteiger partial charge in [0.25, 0.3) is 5.69 Å². The van der Waals surface area contributed by atoms with Crippen molar-refractivity contribution < 1.29 is 4.92 Å². The van der Waals surface area contributed by atoms with Gasteiger partial charge >= 0.3 is 0 Å². The fourth-order valence-corrected chi connectivity index (χ4v) is 3.25. The van der Waals surface area contributed by atoms with Crippen LogP contribution in [0.1, 0.15) is 44.6 Å². The van der Waals surface area contributed by atoms with Crippen LogP contribution in [0.25, 0.3) is 0 Å². The van der Waals surface area contributed by atoms with Gasteiger partial charge in [0.05, 0.1) is 4.92 Å². The largest absolute Gasteiger partial charge is 0.385 e. The minimum absolute atomic E-state index is 0.196. The third-order valence-electron chi connectivity index (χ3n) is 4.41. The number of nitro benzene ring substituents is 1. The van der Waals surface area contributed by atoms with Gasteiger partial charge in [-0.2, -0.15) is 0 Å². The average Bonchev–Trinajstić information content (AvgIpc) is 2.40. The molecule has 0 bridgehead atoms. The van der Waals surface area contributed by atoms with E-state index in [4.69, 9.17) is 0 Å². The van der Waals surface area contributed by atoms with Crippen molar-refractivity contribution in [2.24, 2.45) is 11.8 Å².